The molecule has 0 saturated heterocycles. The summed E-state index contributed by atoms with van der Waals surface area (Å²) in [4.78, 5) is 27.1. The summed E-state index contributed by atoms with van der Waals surface area (Å²) in [5, 5.41) is 5.51. The van der Waals surface area contributed by atoms with Crippen molar-refractivity contribution in [2.45, 2.75) is 39.0 Å². The number of esters is 1. The number of ether oxygens (including phenoxy) is 2. The van der Waals surface area contributed by atoms with Gasteiger partial charge in [-0.1, -0.05) is 30.7 Å². The highest BCUT2D eigenvalue weighted by Crippen LogP contribution is 2.38. The van der Waals surface area contributed by atoms with Crippen LogP contribution in [0.3, 0.4) is 0 Å². The van der Waals surface area contributed by atoms with Crippen molar-refractivity contribution in [1.29, 1.82) is 0 Å². The van der Waals surface area contributed by atoms with Gasteiger partial charge < -0.3 is 14.8 Å². The number of benzene rings is 2. The van der Waals surface area contributed by atoms with E-state index in [-0.39, 0.29) is 11.9 Å². The zero-order valence-electron chi connectivity index (χ0n) is 17.2. The quantitative estimate of drug-likeness (QED) is 0.428. The number of carbonyl (C=O) groups is 2. The largest absolute Gasteiger partial charge is 0.496 e. The Labute approximate surface area is 180 Å². The lowest BCUT2D eigenvalue weighted by Gasteiger charge is -2.12. The van der Waals surface area contributed by atoms with E-state index in [9.17, 15) is 9.59 Å². The number of anilines is 1. The van der Waals surface area contributed by atoms with Crippen LogP contribution in [0, 0.1) is 0 Å². The predicted molar refractivity (Wildman–Crippen MR) is 120 cm³/mol. The van der Waals surface area contributed by atoms with Crippen LogP contribution in [0.25, 0.3) is 10.8 Å². The van der Waals surface area contributed by atoms with E-state index in [0.29, 0.717) is 28.5 Å². The highest BCUT2D eigenvalue weighted by atomic mass is 32.1. The molecular weight excluding hydrogens is 398 g/mol. The summed E-state index contributed by atoms with van der Waals surface area (Å²) >= 11 is 1.50. The van der Waals surface area contributed by atoms with Crippen molar-refractivity contribution in [3.05, 3.63) is 58.0 Å². The van der Waals surface area contributed by atoms with Crippen LogP contribution in [-0.2, 0) is 17.6 Å². The van der Waals surface area contributed by atoms with Crippen LogP contribution in [0.4, 0.5) is 5.00 Å². The summed E-state index contributed by atoms with van der Waals surface area (Å²) in [5.41, 5.74) is 2.00. The van der Waals surface area contributed by atoms with E-state index in [4.69, 9.17) is 9.47 Å². The lowest BCUT2D eigenvalue weighted by molar-refractivity contribution is 0.0527. The summed E-state index contributed by atoms with van der Waals surface area (Å²) in [6.07, 6.45) is 5.07. The number of fused-ring (bicyclic) bond motifs is 2. The zero-order chi connectivity index (χ0) is 21.1. The van der Waals surface area contributed by atoms with E-state index in [1.807, 2.05) is 36.4 Å². The van der Waals surface area contributed by atoms with Gasteiger partial charge in [0, 0.05) is 4.88 Å². The van der Waals surface area contributed by atoms with Crippen molar-refractivity contribution in [1.82, 2.24) is 0 Å². The average Bonchev–Trinajstić information content (AvgIpc) is 2.93. The van der Waals surface area contributed by atoms with Gasteiger partial charge in [-0.15, -0.1) is 11.3 Å². The van der Waals surface area contributed by atoms with Gasteiger partial charge in [0.15, 0.2) is 0 Å². The molecule has 1 aliphatic carbocycles. The van der Waals surface area contributed by atoms with Crippen molar-refractivity contribution < 1.29 is 19.1 Å². The second-order valence-corrected chi connectivity index (χ2v) is 8.45. The fraction of sp³-hybridized carbons (Fsp3) is 0.333. The van der Waals surface area contributed by atoms with Crippen LogP contribution in [0.1, 0.15) is 57.3 Å². The van der Waals surface area contributed by atoms with Crippen molar-refractivity contribution in [3.63, 3.8) is 0 Å². The first-order chi connectivity index (χ1) is 14.6. The van der Waals surface area contributed by atoms with Gasteiger partial charge in [-0.05, 0) is 61.1 Å². The lowest BCUT2D eigenvalue weighted by atomic mass is 10.0. The molecule has 0 saturated carbocycles. The average molecular weight is 424 g/mol. The van der Waals surface area contributed by atoms with E-state index < -0.39 is 0 Å². The molecule has 2 aromatic carbocycles. The van der Waals surface area contributed by atoms with Gasteiger partial charge >= 0.3 is 5.97 Å². The molecule has 1 heterocycles. The molecule has 0 fully saturated rings. The summed E-state index contributed by atoms with van der Waals surface area (Å²) in [6.45, 7) is 2.09. The van der Waals surface area contributed by atoms with Crippen molar-refractivity contribution in [3.8, 4) is 5.75 Å². The zero-order valence-corrected chi connectivity index (χ0v) is 18.1. The number of nitrogens with one attached hydrogen (secondary N) is 1. The number of methoxy groups -OCH3 is 1. The molecule has 156 valence electrons. The van der Waals surface area contributed by atoms with Gasteiger partial charge in [0.25, 0.3) is 5.91 Å². The molecule has 30 heavy (non-hydrogen) atoms. The maximum Gasteiger partial charge on any atom is 0.341 e. The summed E-state index contributed by atoms with van der Waals surface area (Å²) < 4.78 is 10.8. The van der Waals surface area contributed by atoms with Crippen molar-refractivity contribution >= 4 is 39.0 Å². The van der Waals surface area contributed by atoms with Gasteiger partial charge in [0.1, 0.15) is 10.8 Å². The van der Waals surface area contributed by atoms with Crippen LogP contribution in [-0.4, -0.2) is 25.6 Å². The third-order valence-corrected chi connectivity index (χ3v) is 6.65. The van der Waals surface area contributed by atoms with E-state index in [0.717, 1.165) is 48.4 Å². The number of amides is 1. The fourth-order valence-electron chi connectivity index (χ4n) is 3.99. The van der Waals surface area contributed by atoms with Crippen LogP contribution >= 0.6 is 11.3 Å². The molecule has 1 N–H and O–H groups in total. The minimum atomic E-state index is -0.363. The van der Waals surface area contributed by atoms with E-state index in [1.165, 1.54) is 16.2 Å². The third-order valence-electron chi connectivity index (χ3n) is 5.44. The first kappa shape index (κ1) is 20.4. The number of hydrogen-bond donors (Lipinski definition) is 1. The Morgan fingerprint density at radius 2 is 1.80 bits per heavy atom. The van der Waals surface area contributed by atoms with Crippen molar-refractivity contribution in [2.24, 2.45) is 0 Å². The number of thiophene rings is 1. The molecule has 0 unspecified atom stereocenters. The molecule has 0 spiro atoms. The van der Waals surface area contributed by atoms with Crippen molar-refractivity contribution in [2.75, 3.05) is 19.0 Å². The molecule has 0 atom stereocenters. The Morgan fingerprint density at radius 3 is 2.53 bits per heavy atom. The first-order valence-electron chi connectivity index (χ1n) is 10.3. The van der Waals surface area contributed by atoms with Crippen LogP contribution in [0.15, 0.2) is 36.4 Å². The molecule has 1 amide bonds. The first-order valence-corrected chi connectivity index (χ1v) is 11.1. The standard InChI is InChI=1S/C24H25NO4S/c1-3-29-24(27)21-17-11-5-4-6-12-20(17)30-23(21)25-22(26)18-13-15-9-7-8-10-16(15)14-19(18)28-2/h7-10,13-14H,3-6,11-12H2,1-2H3,(H,25,26). The molecule has 0 radical (unpaired) electrons. The molecule has 0 bridgehead atoms. The Hall–Kier alpha value is -2.86. The minimum absolute atomic E-state index is 0.292. The number of rotatable bonds is 5. The van der Waals surface area contributed by atoms with Gasteiger partial charge in [-0.2, -0.15) is 0 Å². The lowest BCUT2D eigenvalue weighted by Crippen LogP contribution is -2.16. The molecule has 4 rings (SSSR count). The highest BCUT2D eigenvalue weighted by Gasteiger charge is 2.27. The van der Waals surface area contributed by atoms with Gasteiger partial charge in [-0.25, -0.2) is 4.79 Å². The monoisotopic (exact) mass is 423 g/mol. The fourth-order valence-corrected chi connectivity index (χ4v) is 5.26. The molecule has 1 aliphatic rings. The molecule has 3 aromatic rings. The maximum atomic E-state index is 13.2. The third kappa shape index (κ3) is 3.92. The topological polar surface area (TPSA) is 64.6 Å². The molecule has 6 heteroatoms. The Bertz CT molecular complexity index is 1100. The Kier molecular flexibility index (Phi) is 6.04. The molecule has 1 aromatic heterocycles. The number of carbonyl (C=O) groups excluding carboxylic acids is 2. The maximum absolute atomic E-state index is 13.2. The van der Waals surface area contributed by atoms with Crippen LogP contribution < -0.4 is 10.1 Å². The highest BCUT2D eigenvalue weighted by molar-refractivity contribution is 7.17. The Balaban J connectivity index is 1.73. The minimum Gasteiger partial charge on any atom is -0.496 e. The van der Waals surface area contributed by atoms with E-state index >= 15 is 0 Å². The van der Waals surface area contributed by atoms with E-state index in [1.54, 1.807) is 14.0 Å². The second kappa shape index (κ2) is 8.88. The summed E-state index contributed by atoms with van der Waals surface area (Å²) in [6, 6.07) is 11.5. The second-order valence-electron chi connectivity index (χ2n) is 7.34. The van der Waals surface area contributed by atoms with Gasteiger partial charge in [0.2, 0.25) is 0 Å². The number of hydrogen-bond acceptors (Lipinski definition) is 5. The Morgan fingerprint density at radius 1 is 1.07 bits per heavy atom. The smallest absolute Gasteiger partial charge is 0.341 e. The summed E-state index contributed by atoms with van der Waals surface area (Å²) in [5.74, 6) is -0.153. The molecule has 0 aliphatic heterocycles. The van der Waals surface area contributed by atoms with Gasteiger partial charge in [-0.3, -0.25) is 4.79 Å². The normalized spacial score (nSPS) is 13.4. The van der Waals surface area contributed by atoms with E-state index in [2.05, 4.69) is 5.32 Å². The van der Waals surface area contributed by atoms with Gasteiger partial charge in [0.05, 0.1) is 24.8 Å². The van der Waals surface area contributed by atoms with Crippen LogP contribution in [0.2, 0.25) is 0 Å². The predicted octanol–water partition coefficient (Wildman–Crippen LogP) is 5.61. The SMILES string of the molecule is CCOC(=O)c1c(NC(=O)c2cc3ccccc3cc2OC)sc2c1CCCCC2. The molecule has 5 nitrogen and oxygen atoms in total. The number of aryl methyl sites for hydroxylation is 1. The summed E-state index contributed by atoms with van der Waals surface area (Å²) in [7, 11) is 1.55. The van der Waals surface area contributed by atoms with Crippen LogP contribution in [0.5, 0.6) is 5.75 Å². The molecular formula is C24H25NO4S.